The van der Waals surface area contributed by atoms with E-state index >= 15 is 0 Å². The molecular formula is C39H30N10. The highest BCUT2D eigenvalue weighted by atomic mass is 15.3. The number of benzene rings is 3. The fourth-order valence-corrected chi connectivity index (χ4v) is 6.52. The van der Waals surface area contributed by atoms with Crippen LogP contribution in [0, 0.1) is 0 Å². The van der Waals surface area contributed by atoms with Crippen LogP contribution in [0.5, 0.6) is 0 Å². The molecule has 0 bridgehead atoms. The molecule has 9 aromatic rings. The lowest BCUT2D eigenvalue weighted by Gasteiger charge is -2.22. The second-order valence-corrected chi connectivity index (χ2v) is 12.0. The number of pyridine rings is 3. The van der Waals surface area contributed by atoms with Crippen LogP contribution >= 0.6 is 0 Å². The number of aromatic nitrogens is 9. The van der Waals surface area contributed by atoms with Crippen molar-refractivity contribution in [3.63, 3.8) is 0 Å². The third-order valence-electron chi connectivity index (χ3n) is 9.07. The maximum atomic E-state index is 4.93. The largest absolute Gasteiger partial charge is 0.327 e. The number of hydrogen-bond donors (Lipinski definition) is 0. The fourth-order valence-electron chi connectivity index (χ4n) is 6.52. The first kappa shape index (κ1) is 28.5. The Balaban J connectivity index is 1.11. The average Bonchev–Trinajstić information content (AvgIpc) is 3.80. The number of hydrogen-bond acceptors (Lipinski definition) is 7. The Morgan fingerprint density at radius 3 is 0.959 bits per heavy atom. The third kappa shape index (κ3) is 4.72. The summed E-state index contributed by atoms with van der Waals surface area (Å²) in [4.78, 5) is 31.3. The summed E-state index contributed by atoms with van der Waals surface area (Å²) in [6, 6.07) is 36.4. The van der Waals surface area contributed by atoms with Gasteiger partial charge in [-0.3, -0.25) is 4.90 Å². The van der Waals surface area contributed by atoms with Crippen molar-refractivity contribution in [2.75, 3.05) is 4.90 Å². The number of fused-ring (bicyclic) bond motifs is 3. The quantitative estimate of drug-likeness (QED) is 0.182. The Hall–Kier alpha value is -6.68. The summed E-state index contributed by atoms with van der Waals surface area (Å²) in [5.41, 5.74) is 8.78. The van der Waals surface area contributed by atoms with Crippen molar-refractivity contribution in [2.45, 2.75) is 0 Å². The van der Waals surface area contributed by atoms with Crippen LogP contribution in [-0.2, 0) is 21.1 Å². The highest BCUT2D eigenvalue weighted by Gasteiger charge is 2.20. The molecule has 3 aromatic carbocycles. The Labute approximate surface area is 281 Å². The van der Waals surface area contributed by atoms with Crippen molar-refractivity contribution in [1.29, 1.82) is 0 Å². The van der Waals surface area contributed by atoms with Gasteiger partial charge in [-0.2, -0.15) is 0 Å². The summed E-state index contributed by atoms with van der Waals surface area (Å²) in [7, 11) is 6.07. The van der Waals surface area contributed by atoms with Crippen LogP contribution in [0.2, 0.25) is 0 Å². The molecule has 49 heavy (non-hydrogen) atoms. The molecule has 0 aliphatic rings. The molecule has 0 aliphatic carbocycles. The van der Waals surface area contributed by atoms with Crippen LogP contribution in [0.4, 0.5) is 17.5 Å². The molecule has 6 aromatic heterocycles. The molecule has 0 radical (unpaired) electrons. The van der Waals surface area contributed by atoms with Gasteiger partial charge in [-0.1, -0.05) is 36.4 Å². The molecule has 236 valence electrons. The Morgan fingerprint density at radius 2 is 0.694 bits per heavy atom. The summed E-state index contributed by atoms with van der Waals surface area (Å²) >= 11 is 0. The van der Waals surface area contributed by atoms with E-state index in [2.05, 4.69) is 31.9 Å². The summed E-state index contributed by atoms with van der Waals surface area (Å²) in [5.74, 6) is 4.57. The molecular weight excluding hydrogens is 608 g/mol. The zero-order valence-electron chi connectivity index (χ0n) is 27.1. The number of nitrogens with zero attached hydrogens (tertiary/aromatic N) is 10. The van der Waals surface area contributed by atoms with Crippen molar-refractivity contribution >= 4 is 50.6 Å². The number of rotatable bonds is 6. The molecule has 0 N–H and O–H groups in total. The van der Waals surface area contributed by atoms with E-state index in [-0.39, 0.29) is 0 Å². The van der Waals surface area contributed by atoms with Gasteiger partial charge in [0.2, 0.25) is 0 Å². The van der Waals surface area contributed by atoms with Gasteiger partial charge in [0.1, 0.15) is 34.9 Å². The molecule has 0 amide bonds. The second kappa shape index (κ2) is 11.2. The highest BCUT2D eigenvalue weighted by molar-refractivity contribution is 5.83. The van der Waals surface area contributed by atoms with Crippen molar-refractivity contribution in [2.24, 2.45) is 21.1 Å². The number of imidazole rings is 3. The zero-order chi connectivity index (χ0) is 33.1. The van der Waals surface area contributed by atoms with Crippen LogP contribution in [0.3, 0.4) is 0 Å². The van der Waals surface area contributed by atoms with E-state index in [1.165, 1.54) is 0 Å². The monoisotopic (exact) mass is 638 g/mol. The molecule has 0 saturated heterocycles. The van der Waals surface area contributed by atoms with Crippen LogP contribution < -0.4 is 4.90 Å². The molecule has 6 heterocycles. The Bertz CT molecular complexity index is 2340. The first-order valence-corrected chi connectivity index (χ1v) is 16.0. The first-order valence-electron chi connectivity index (χ1n) is 16.0. The molecule has 10 heteroatoms. The van der Waals surface area contributed by atoms with E-state index in [0.717, 1.165) is 67.3 Å². The van der Waals surface area contributed by atoms with Gasteiger partial charge in [0.25, 0.3) is 0 Å². The second-order valence-electron chi connectivity index (χ2n) is 12.0. The minimum absolute atomic E-state index is 0.675. The number of para-hydroxylation sites is 6. The topological polar surface area (TPSA) is 95.4 Å². The Morgan fingerprint density at radius 1 is 0.388 bits per heavy atom. The maximum absolute atomic E-state index is 4.93. The average molecular weight is 639 g/mol. The van der Waals surface area contributed by atoms with Gasteiger partial charge < -0.3 is 13.7 Å². The van der Waals surface area contributed by atoms with Gasteiger partial charge in [0, 0.05) is 56.4 Å². The molecule has 9 rings (SSSR count). The van der Waals surface area contributed by atoms with Crippen molar-refractivity contribution in [1.82, 2.24) is 43.6 Å². The standard InChI is InChI=1S/C39H30N10/c1-46-31-13-7-4-10-28(31)43-37(46)25-16-19-34(40-22-25)49(35-20-17-26(23-41-35)38-44-29-11-5-8-14-32(29)47(38)2)36-21-18-27(24-42-36)39-45-30-12-6-9-15-33(30)48(39)3/h4-24H,1-3H3. The molecule has 0 atom stereocenters. The van der Waals surface area contributed by atoms with Gasteiger partial charge in [0.05, 0.1) is 33.1 Å². The molecule has 0 fully saturated rings. The smallest absolute Gasteiger partial charge is 0.142 e. The summed E-state index contributed by atoms with van der Waals surface area (Å²) in [6.45, 7) is 0. The minimum Gasteiger partial charge on any atom is -0.327 e. The van der Waals surface area contributed by atoms with Crippen molar-refractivity contribution < 1.29 is 0 Å². The van der Waals surface area contributed by atoms with Gasteiger partial charge in [-0.05, 0) is 72.8 Å². The van der Waals surface area contributed by atoms with Crippen molar-refractivity contribution in [3.8, 4) is 34.2 Å². The Kier molecular flexibility index (Phi) is 6.54. The van der Waals surface area contributed by atoms with Crippen molar-refractivity contribution in [3.05, 3.63) is 128 Å². The molecule has 0 saturated carbocycles. The van der Waals surface area contributed by atoms with Gasteiger partial charge >= 0.3 is 0 Å². The SMILES string of the molecule is Cn1c(-c2ccc(N(c3ccc(-c4nc5ccccc5n4C)cn3)c3ccc(-c4nc5ccccc5n4C)cn3)nc2)nc2ccccc21. The summed E-state index contributed by atoms with van der Waals surface area (Å²) < 4.78 is 6.27. The zero-order valence-corrected chi connectivity index (χ0v) is 27.1. The van der Waals surface area contributed by atoms with E-state index in [1.54, 1.807) is 0 Å². The molecule has 0 aliphatic heterocycles. The lowest BCUT2D eigenvalue weighted by molar-refractivity contribution is 0.954. The third-order valence-corrected chi connectivity index (χ3v) is 9.07. The molecule has 10 nitrogen and oxygen atoms in total. The van der Waals surface area contributed by atoms with Crippen LogP contribution in [-0.4, -0.2) is 43.6 Å². The van der Waals surface area contributed by atoms with E-state index < -0.39 is 0 Å². The van der Waals surface area contributed by atoms with Gasteiger partial charge in [-0.15, -0.1) is 0 Å². The lowest BCUT2D eigenvalue weighted by atomic mass is 10.2. The number of aryl methyl sites for hydroxylation is 3. The summed E-state index contributed by atoms with van der Waals surface area (Å²) in [6.07, 6.45) is 5.56. The maximum Gasteiger partial charge on any atom is 0.142 e. The first-order chi connectivity index (χ1) is 24.0. The highest BCUT2D eigenvalue weighted by Crippen LogP contribution is 2.34. The predicted octanol–water partition coefficient (Wildman–Crippen LogP) is 8.00. The van der Waals surface area contributed by atoms with Crippen LogP contribution in [0.15, 0.2) is 128 Å². The fraction of sp³-hybridized carbons (Fsp3) is 0.0769. The summed E-state index contributed by atoms with van der Waals surface area (Å²) in [5, 5.41) is 0. The van der Waals surface area contributed by atoms with Gasteiger partial charge in [0.15, 0.2) is 0 Å². The van der Waals surface area contributed by atoms with E-state index in [4.69, 9.17) is 29.9 Å². The normalized spacial score (nSPS) is 11.6. The van der Waals surface area contributed by atoms with E-state index in [1.807, 2.05) is 136 Å². The van der Waals surface area contributed by atoms with Gasteiger partial charge in [-0.25, -0.2) is 29.9 Å². The molecule has 0 unspecified atom stereocenters. The van der Waals surface area contributed by atoms with E-state index in [9.17, 15) is 0 Å². The molecule has 0 spiro atoms. The lowest BCUT2D eigenvalue weighted by Crippen LogP contribution is -2.14. The minimum atomic E-state index is 0.675. The predicted molar refractivity (Wildman–Crippen MR) is 194 cm³/mol. The number of anilines is 3. The van der Waals surface area contributed by atoms with Crippen LogP contribution in [0.25, 0.3) is 67.3 Å². The van der Waals surface area contributed by atoms with E-state index in [0.29, 0.717) is 17.5 Å². The van der Waals surface area contributed by atoms with Crippen LogP contribution in [0.1, 0.15) is 0 Å².